The van der Waals surface area contributed by atoms with E-state index < -0.39 is 6.61 Å². The monoisotopic (exact) mass is 503 g/mol. The number of benzene rings is 1. The molecule has 3 heterocycles. The summed E-state index contributed by atoms with van der Waals surface area (Å²) in [5.41, 5.74) is 7.13. The number of nitrogens with zero attached hydrogens (tertiary/aromatic N) is 3. The highest BCUT2D eigenvalue weighted by Crippen LogP contribution is 2.31. The summed E-state index contributed by atoms with van der Waals surface area (Å²) in [6.07, 6.45) is 8.53. The fraction of sp³-hybridized carbons (Fsp3) is 0.276. The normalized spacial score (nSPS) is 15.6. The highest BCUT2D eigenvalue weighted by Gasteiger charge is 2.23. The lowest BCUT2D eigenvalue weighted by molar-refractivity contribution is -0.145. The Balaban J connectivity index is 1.40. The van der Waals surface area contributed by atoms with Crippen molar-refractivity contribution >= 4 is 17.2 Å². The molecule has 8 heteroatoms. The molecular weight excluding hydrogens is 476 g/mol. The smallest absolute Gasteiger partial charge is 0.387 e. The average molecular weight is 504 g/mol. The molecule has 0 fully saturated rings. The van der Waals surface area contributed by atoms with E-state index in [9.17, 15) is 13.6 Å². The Kier molecular flexibility index (Phi) is 6.99. The van der Waals surface area contributed by atoms with E-state index in [4.69, 9.17) is 9.47 Å². The lowest BCUT2D eigenvalue weighted by Gasteiger charge is -2.19. The van der Waals surface area contributed by atoms with Gasteiger partial charge in [0, 0.05) is 41.2 Å². The van der Waals surface area contributed by atoms with Crippen LogP contribution in [-0.4, -0.2) is 34.1 Å². The minimum Gasteiger partial charge on any atom is -0.469 e. The molecule has 190 valence electrons. The molecule has 0 N–H and O–H groups in total. The minimum atomic E-state index is -2.88. The highest BCUT2D eigenvalue weighted by molar-refractivity contribution is 5.75. The van der Waals surface area contributed by atoms with E-state index in [2.05, 4.69) is 16.0 Å². The predicted octanol–water partition coefficient (Wildman–Crippen LogP) is 6.25. The van der Waals surface area contributed by atoms with Gasteiger partial charge in [-0.15, -0.1) is 0 Å². The van der Waals surface area contributed by atoms with E-state index in [-0.39, 0.29) is 17.6 Å². The van der Waals surface area contributed by atoms with Gasteiger partial charge in [0.1, 0.15) is 11.4 Å². The first-order valence-electron chi connectivity index (χ1n) is 12.2. The lowest BCUT2D eigenvalue weighted by Crippen LogP contribution is -2.18. The van der Waals surface area contributed by atoms with Gasteiger partial charge < -0.3 is 13.9 Å². The molecular formula is C29H27F2N3O3. The maximum atomic E-state index is 12.9. The van der Waals surface area contributed by atoms with Crippen molar-refractivity contribution in [2.45, 2.75) is 39.2 Å². The molecule has 0 amide bonds. The number of allylic oxidation sites excluding steroid dienone is 2. The quantitative estimate of drug-likeness (QED) is 0.279. The first kappa shape index (κ1) is 24.6. The number of alkyl halides is 2. The van der Waals surface area contributed by atoms with Crippen molar-refractivity contribution in [1.82, 2.24) is 14.4 Å². The third-order valence-electron chi connectivity index (χ3n) is 6.84. The molecule has 0 saturated heterocycles. The number of esters is 1. The Labute approximate surface area is 213 Å². The number of methoxy groups -OCH3 is 1. The number of aryl methyl sites for hydroxylation is 1. The summed E-state index contributed by atoms with van der Waals surface area (Å²) in [6, 6.07) is 14.8. The SMILES string of the molecule is COC(=O)C1CC=C(c2ccc(-c3ccc4nc(C)c(Cc5ccccc5OC(F)F)n4c3)cn2)CC1. The summed E-state index contributed by atoms with van der Waals surface area (Å²) in [5, 5.41) is 0. The maximum Gasteiger partial charge on any atom is 0.387 e. The molecule has 1 unspecified atom stereocenters. The second-order valence-electron chi connectivity index (χ2n) is 9.11. The Bertz CT molecular complexity index is 1460. The van der Waals surface area contributed by atoms with Gasteiger partial charge >= 0.3 is 12.6 Å². The van der Waals surface area contributed by atoms with Crippen LogP contribution in [0.25, 0.3) is 22.3 Å². The van der Waals surface area contributed by atoms with Crippen LogP contribution in [0.2, 0.25) is 0 Å². The van der Waals surface area contributed by atoms with Crippen molar-refractivity contribution in [2.24, 2.45) is 5.92 Å². The molecule has 1 atom stereocenters. The van der Waals surface area contributed by atoms with Gasteiger partial charge in [0.05, 0.1) is 24.4 Å². The molecule has 4 aromatic rings. The number of ether oxygens (including phenoxy) is 2. The zero-order valence-corrected chi connectivity index (χ0v) is 20.7. The first-order chi connectivity index (χ1) is 17.9. The number of carbonyl (C=O) groups is 1. The summed E-state index contributed by atoms with van der Waals surface area (Å²) in [6.45, 7) is -0.970. The zero-order valence-electron chi connectivity index (χ0n) is 20.7. The molecule has 1 aliphatic carbocycles. The number of hydrogen-bond donors (Lipinski definition) is 0. The summed E-state index contributed by atoms with van der Waals surface area (Å²) in [5.74, 6) is -0.0765. The third-order valence-corrected chi connectivity index (χ3v) is 6.84. The molecule has 0 aliphatic heterocycles. The van der Waals surface area contributed by atoms with Crippen LogP contribution in [0.5, 0.6) is 5.75 Å². The number of fused-ring (bicyclic) bond motifs is 1. The Hall–Kier alpha value is -4.07. The molecule has 5 rings (SSSR count). The molecule has 3 aromatic heterocycles. The van der Waals surface area contributed by atoms with Gasteiger partial charge in [-0.25, -0.2) is 4.98 Å². The van der Waals surface area contributed by atoms with Crippen LogP contribution in [0.15, 0.2) is 67.0 Å². The Morgan fingerprint density at radius 2 is 1.95 bits per heavy atom. The van der Waals surface area contributed by atoms with Crippen LogP contribution >= 0.6 is 0 Å². The van der Waals surface area contributed by atoms with Crippen LogP contribution in [0, 0.1) is 12.8 Å². The van der Waals surface area contributed by atoms with E-state index in [0.29, 0.717) is 18.4 Å². The van der Waals surface area contributed by atoms with Crippen LogP contribution in [0.1, 0.15) is 41.9 Å². The van der Waals surface area contributed by atoms with Crippen molar-refractivity contribution in [2.75, 3.05) is 7.11 Å². The molecule has 0 radical (unpaired) electrons. The number of aromatic nitrogens is 3. The van der Waals surface area contributed by atoms with E-state index in [0.717, 1.165) is 52.3 Å². The van der Waals surface area contributed by atoms with Gasteiger partial charge in [0.15, 0.2) is 0 Å². The fourth-order valence-corrected chi connectivity index (χ4v) is 4.84. The second kappa shape index (κ2) is 10.5. The van der Waals surface area contributed by atoms with Gasteiger partial charge in [-0.1, -0.05) is 30.3 Å². The molecule has 1 aliphatic rings. The number of hydrogen-bond acceptors (Lipinski definition) is 5. The maximum absolute atomic E-state index is 12.9. The molecule has 0 spiro atoms. The molecule has 37 heavy (non-hydrogen) atoms. The van der Waals surface area contributed by atoms with Crippen LogP contribution in [-0.2, 0) is 16.0 Å². The number of rotatable bonds is 7. The Morgan fingerprint density at radius 1 is 1.14 bits per heavy atom. The van der Waals surface area contributed by atoms with Crippen molar-refractivity contribution in [1.29, 1.82) is 0 Å². The van der Waals surface area contributed by atoms with Gasteiger partial charge in [0.2, 0.25) is 0 Å². The number of para-hydroxylation sites is 1. The number of carbonyl (C=O) groups excluding carboxylic acids is 1. The third kappa shape index (κ3) is 5.23. The molecule has 6 nitrogen and oxygen atoms in total. The van der Waals surface area contributed by atoms with E-state index in [1.807, 2.05) is 54.0 Å². The standard InChI is InChI=1S/C29H27F2N3O3/c1-18-25(15-21-5-3-4-6-26(21)37-29(30)31)34-17-23(12-14-27(34)33-18)22-11-13-24(32-16-22)19-7-9-20(10-8-19)28(35)36-2/h3-7,11-14,16-17,20,29H,8-10,15H2,1-2H3. The van der Waals surface area contributed by atoms with E-state index >= 15 is 0 Å². The predicted molar refractivity (Wildman–Crippen MR) is 136 cm³/mol. The van der Waals surface area contributed by atoms with Gasteiger partial charge in [0.25, 0.3) is 0 Å². The van der Waals surface area contributed by atoms with Gasteiger partial charge in [-0.05, 0) is 56.0 Å². The van der Waals surface area contributed by atoms with Gasteiger partial charge in [-0.3, -0.25) is 9.78 Å². The van der Waals surface area contributed by atoms with E-state index in [1.165, 1.54) is 7.11 Å². The van der Waals surface area contributed by atoms with Crippen LogP contribution in [0.3, 0.4) is 0 Å². The minimum absolute atomic E-state index is 0.0820. The van der Waals surface area contributed by atoms with Crippen molar-refractivity contribution in [3.63, 3.8) is 0 Å². The first-order valence-corrected chi connectivity index (χ1v) is 12.2. The summed E-state index contributed by atoms with van der Waals surface area (Å²) in [7, 11) is 1.42. The zero-order chi connectivity index (χ0) is 25.9. The topological polar surface area (TPSA) is 65.7 Å². The number of halogens is 2. The highest BCUT2D eigenvalue weighted by atomic mass is 19.3. The Morgan fingerprint density at radius 3 is 2.65 bits per heavy atom. The van der Waals surface area contributed by atoms with Crippen LogP contribution in [0.4, 0.5) is 8.78 Å². The summed E-state index contributed by atoms with van der Waals surface area (Å²) >= 11 is 0. The largest absolute Gasteiger partial charge is 0.469 e. The molecule has 0 bridgehead atoms. The van der Waals surface area contributed by atoms with Crippen molar-refractivity contribution in [3.8, 4) is 16.9 Å². The van der Waals surface area contributed by atoms with Crippen molar-refractivity contribution < 1.29 is 23.0 Å². The lowest BCUT2D eigenvalue weighted by atomic mass is 9.88. The average Bonchev–Trinajstić information content (AvgIpc) is 3.23. The molecule has 1 aromatic carbocycles. The van der Waals surface area contributed by atoms with Gasteiger partial charge in [-0.2, -0.15) is 8.78 Å². The van der Waals surface area contributed by atoms with Crippen LogP contribution < -0.4 is 4.74 Å². The summed E-state index contributed by atoms with van der Waals surface area (Å²) < 4.78 is 37.4. The van der Waals surface area contributed by atoms with E-state index in [1.54, 1.807) is 18.2 Å². The molecule has 0 saturated carbocycles. The summed E-state index contributed by atoms with van der Waals surface area (Å²) in [4.78, 5) is 21.1. The fourth-order valence-electron chi connectivity index (χ4n) is 4.84. The van der Waals surface area contributed by atoms with Crippen molar-refractivity contribution in [3.05, 3.63) is 89.6 Å². The number of imidazole rings is 1. The number of pyridine rings is 2. The second-order valence-corrected chi connectivity index (χ2v) is 9.11.